The minimum atomic E-state index is -0.0841. The predicted octanol–water partition coefficient (Wildman–Crippen LogP) is -1.25. The average molecular weight is 639 g/mol. The first-order valence-electron chi connectivity index (χ1n) is 9.95. The van der Waals surface area contributed by atoms with Crippen molar-refractivity contribution in [3.8, 4) is 11.1 Å². The molecule has 4 aromatic carbocycles. The molecule has 0 heterocycles. The number of nitrogens with two attached hydrogens (primary N) is 2. The van der Waals surface area contributed by atoms with E-state index >= 15 is 0 Å². The summed E-state index contributed by atoms with van der Waals surface area (Å²) in [5.74, 6) is 0.474. The Morgan fingerprint density at radius 1 is 0.867 bits per heavy atom. The normalized spacial score (nSPS) is 18.9. The number of nitrogens with one attached hydrogen (secondary N) is 1. The summed E-state index contributed by atoms with van der Waals surface area (Å²) in [6.45, 7) is 0. The first-order valence-corrected chi connectivity index (χ1v) is 16.2. The van der Waals surface area contributed by atoms with Crippen LogP contribution in [0.3, 0.4) is 0 Å². The molecule has 0 aliphatic heterocycles. The van der Waals surface area contributed by atoms with Crippen molar-refractivity contribution in [3.05, 3.63) is 81.9 Å². The molecule has 4 aromatic rings. The van der Waals surface area contributed by atoms with Gasteiger partial charge in [-0.15, -0.1) is 0 Å². The Kier molecular flexibility index (Phi) is 6.55. The van der Waals surface area contributed by atoms with Crippen molar-refractivity contribution in [2.45, 2.75) is 18.4 Å². The minimum absolute atomic E-state index is 0.0127. The molecule has 30 heavy (non-hydrogen) atoms. The second-order valence-corrected chi connectivity index (χ2v) is 16.7. The molecule has 3 atom stereocenters. The standard InChI is InChI=1S/C24H24I2N3P/c27-22-13-20(22)19-11-9-15-5-1-3-7-17(15)23(19)24-18-8-4-2-6-16(18)10-12-21(24)25-14-26-29-30-28/h1-12,20,22,29-30H,13-14,27-28H2/q-2. The van der Waals surface area contributed by atoms with E-state index in [0.29, 0.717) is 20.8 Å². The number of hydrogen-bond acceptors (Lipinski definition) is 3. The van der Waals surface area contributed by atoms with Crippen LogP contribution < -0.4 is 57.2 Å². The Bertz CT molecular complexity index is 1210. The zero-order chi connectivity index (χ0) is 20.5. The summed E-state index contributed by atoms with van der Waals surface area (Å²) in [6.07, 6.45) is 1.09. The number of rotatable bonds is 7. The molecule has 5 rings (SSSR count). The zero-order valence-electron chi connectivity index (χ0n) is 16.4. The Hall–Kier alpha value is -0.830. The molecule has 5 N–H and O–H groups in total. The van der Waals surface area contributed by atoms with Crippen LogP contribution in [-0.2, 0) is 0 Å². The average Bonchev–Trinajstić information content (AvgIpc) is 3.52. The van der Waals surface area contributed by atoms with Crippen LogP contribution in [0.4, 0.5) is 0 Å². The van der Waals surface area contributed by atoms with Crippen molar-refractivity contribution in [3.63, 3.8) is 0 Å². The van der Waals surface area contributed by atoms with Gasteiger partial charge in [0.05, 0.1) is 0 Å². The predicted molar refractivity (Wildman–Crippen MR) is 121 cm³/mol. The molecule has 1 saturated carbocycles. The molecule has 0 amide bonds. The molecule has 0 saturated heterocycles. The molecule has 0 spiro atoms. The Balaban J connectivity index is 1.76. The number of hydrogen-bond donors (Lipinski definition) is 3. The molecule has 0 aromatic heterocycles. The fourth-order valence-corrected chi connectivity index (χ4v) is 13.2. The Morgan fingerprint density at radius 3 is 2.17 bits per heavy atom. The van der Waals surface area contributed by atoms with Gasteiger partial charge in [-0.25, -0.2) is 0 Å². The van der Waals surface area contributed by atoms with E-state index in [-0.39, 0.29) is 42.7 Å². The van der Waals surface area contributed by atoms with Gasteiger partial charge >= 0.3 is 202 Å². The third-order valence-corrected chi connectivity index (χ3v) is 14.2. The van der Waals surface area contributed by atoms with Crippen LogP contribution in [0.1, 0.15) is 17.9 Å². The topological polar surface area (TPSA) is 64.1 Å². The SMILES string of the molecule is NPN[I-]C[I-]c1ccc2ccccc2c1-c1c(C2CC2N)ccc2ccccc12. The third-order valence-electron chi connectivity index (χ3n) is 5.70. The summed E-state index contributed by atoms with van der Waals surface area (Å²) in [4.78, 5) is 0. The molecular weight excluding hydrogens is 615 g/mol. The van der Waals surface area contributed by atoms with Gasteiger partial charge < -0.3 is 0 Å². The quantitative estimate of drug-likeness (QED) is 0.0780. The number of benzene rings is 4. The third kappa shape index (κ3) is 4.12. The summed E-state index contributed by atoms with van der Waals surface area (Å²) >= 11 is -0.0969. The van der Waals surface area contributed by atoms with Gasteiger partial charge in [-0.2, -0.15) is 0 Å². The van der Waals surface area contributed by atoms with E-state index in [2.05, 4.69) is 76.1 Å². The van der Waals surface area contributed by atoms with Crippen LogP contribution in [-0.4, -0.2) is 8.48 Å². The Labute approximate surface area is 200 Å². The monoisotopic (exact) mass is 639 g/mol. The van der Waals surface area contributed by atoms with Crippen molar-refractivity contribution < 1.29 is 42.7 Å². The molecule has 6 heteroatoms. The van der Waals surface area contributed by atoms with Crippen molar-refractivity contribution in [1.82, 2.24) is 3.30 Å². The second kappa shape index (κ2) is 9.35. The van der Waals surface area contributed by atoms with E-state index in [1.807, 2.05) is 0 Å². The first kappa shape index (κ1) is 21.0. The van der Waals surface area contributed by atoms with Gasteiger partial charge in [-0.1, -0.05) is 0 Å². The van der Waals surface area contributed by atoms with Crippen LogP contribution >= 0.6 is 8.88 Å². The van der Waals surface area contributed by atoms with Gasteiger partial charge in [0.15, 0.2) is 0 Å². The van der Waals surface area contributed by atoms with E-state index < -0.39 is 0 Å². The maximum atomic E-state index is 6.35. The summed E-state index contributed by atoms with van der Waals surface area (Å²) in [5, 5.41) is 5.34. The number of halogens is 2. The van der Waals surface area contributed by atoms with Gasteiger partial charge in [0, 0.05) is 0 Å². The molecule has 3 nitrogen and oxygen atoms in total. The summed E-state index contributed by atoms with van der Waals surface area (Å²) in [6, 6.07) is 27.3. The van der Waals surface area contributed by atoms with Crippen LogP contribution in [0, 0.1) is 3.57 Å². The van der Waals surface area contributed by atoms with Crippen molar-refractivity contribution in [2.75, 3.05) is 2.43 Å². The molecule has 0 radical (unpaired) electrons. The van der Waals surface area contributed by atoms with Gasteiger partial charge in [-0.05, 0) is 0 Å². The van der Waals surface area contributed by atoms with Crippen molar-refractivity contribution in [1.29, 1.82) is 0 Å². The van der Waals surface area contributed by atoms with Gasteiger partial charge in [-0.3, -0.25) is 0 Å². The fraction of sp³-hybridized carbons (Fsp3) is 0.167. The Morgan fingerprint density at radius 2 is 1.50 bits per heavy atom. The van der Waals surface area contributed by atoms with Gasteiger partial charge in [0.2, 0.25) is 0 Å². The van der Waals surface area contributed by atoms with Crippen LogP contribution in [0.2, 0.25) is 0 Å². The first-order chi connectivity index (χ1) is 14.8. The van der Waals surface area contributed by atoms with Crippen LogP contribution in [0.15, 0.2) is 72.8 Å². The van der Waals surface area contributed by atoms with Crippen LogP contribution in [0.25, 0.3) is 32.7 Å². The number of alkyl halides is 2. The van der Waals surface area contributed by atoms with Crippen LogP contribution in [0.5, 0.6) is 0 Å². The molecule has 1 fully saturated rings. The van der Waals surface area contributed by atoms with Crippen molar-refractivity contribution in [2.24, 2.45) is 11.2 Å². The number of fused-ring (bicyclic) bond motifs is 2. The van der Waals surface area contributed by atoms with E-state index in [1.165, 1.54) is 40.7 Å². The zero-order valence-corrected chi connectivity index (χ0v) is 21.7. The molecule has 1 aliphatic rings. The molecule has 1 aliphatic carbocycles. The van der Waals surface area contributed by atoms with Crippen molar-refractivity contribution >= 4 is 30.4 Å². The molecule has 3 unspecified atom stereocenters. The second-order valence-electron chi connectivity index (χ2n) is 7.51. The molecule has 0 bridgehead atoms. The fourth-order valence-electron chi connectivity index (χ4n) is 4.20. The summed E-state index contributed by atoms with van der Waals surface area (Å²) < 4.78 is 6.25. The summed E-state index contributed by atoms with van der Waals surface area (Å²) in [5.41, 5.74) is 16.3. The van der Waals surface area contributed by atoms with E-state index in [4.69, 9.17) is 11.2 Å². The summed E-state index contributed by atoms with van der Waals surface area (Å²) in [7, 11) is 0.369. The molecule has 156 valence electrons. The maximum absolute atomic E-state index is 6.35. The van der Waals surface area contributed by atoms with E-state index in [1.54, 1.807) is 3.57 Å². The molecular formula is C24H24I2N3P-2. The van der Waals surface area contributed by atoms with E-state index in [0.717, 1.165) is 6.42 Å². The van der Waals surface area contributed by atoms with Gasteiger partial charge in [0.1, 0.15) is 0 Å². The van der Waals surface area contributed by atoms with Gasteiger partial charge in [0.25, 0.3) is 0 Å². The van der Waals surface area contributed by atoms with E-state index in [9.17, 15) is 0 Å².